The van der Waals surface area contributed by atoms with Gasteiger partial charge in [0.05, 0.1) is 16.1 Å². The Balaban J connectivity index is 2.70. The molecule has 0 amide bonds. The first-order valence-corrected chi connectivity index (χ1v) is 8.49. The van der Waals surface area contributed by atoms with E-state index in [1.54, 1.807) is 0 Å². The molecule has 0 radical (unpaired) electrons. The number of sulfone groups is 1. The number of alkyl halides is 3. The Morgan fingerprint density at radius 1 is 1.17 bits per heavy atom. The van der Waals surface area contributed by atoms with E-state index in [0.29, 0.717) is 0 Å². The molecule has 0 aliphatic heterocycles. The monoisotopic (exact) mass is 361 g/mol. The van der Waals surface area contributed by atoms with Gasteiger partial charge in [-0.05, 0) is 24.3 Å². The smallest absolute Gasteiger partial charge is 0.362 e. The van der Waals surface area contributed by atoms with E-state index in [4.69, 9.17) is 0 Å². The minimum atomic E-state index is -4.79. The molecular weight excluding hydrogens is 347 g/mol. The molecule has 0 atom stereocenters. The lowest BCUT2D eigenvalue weighted by molar-refractivity contribution is -0.141. The van der Waals surface area contributed by atoms with Crippen molar-refractivity contribution in [3.63, 3.8) is 0 Å². The van der Waals surface area contributed by atoms with E-state index in [1.807, 2.05) is 0 Å². The maximum absolute atomic E-state index is 13.1. The molecule has 24 heavy (non-hydrogen) atoms. The molecule has 1 aromatic carbocycles. The predicted octanol–water partition coefficient (Wildman–Crippen LogP) is 2.17. The van der Waals surface area contributed by atoms with E-state index in [9.17, 15) is 26.4 Å². The van der Waals surface area contributed by atoms with E-state index in [0.717, 1.165) is 10.9 Å². The SMILES string of the molecule is CN(C)c1c(C=O)c(C(F)(F)F)nn1-c1ccc(S(C)(=O)=O)cc1. The van der Waals surface area contributed by atoms with Crippen molar-refractivity contribution in [1.82, 2.24) is 9.78 Å². The van der Waals surface area contributed by atoms with Crippen LogP contribution in [0.5, 0.6) is 0 Å². The normalized spacial score (nSPS) is 12.2. The number of benzene rings is 1. The van der Waals surface area contributed by atoms with Gasteiger partial charge < -0.3 is 4.90 Å². The standard InChI is InChI=1S/C14H14F3N3O3S/c1-19(2)13-11(8-21)12(14(15,16)17)18-20(13)9-4-6-10(7-5-9)24(3,22)23/h4-8H,1-3H3. The summed E-state index contributed by atoms with van der Waals surface area (Å²) in [5.41, 5.74) is -1.68. The van der Waals surface area contributed by atoms with Gasteiger partial charge in [-0.3, -0.25) is 4.79 Å². The summed E-state index contributed by atoms with van der Waals surface area (Å²) in [7, 11) is -0.480. The van der Waals surface area contributed by atoms with Crippen LogP contribution in [0.3, 0.4) is 0 Å². The second-order valence-corrected chi connectivity index (χ2v) is 7.29. The van der Waals surface area contributed by atoms with Gasteiger partial charge in [-0.15, -0.1) is 0 Å². The number of nitrogens with zero attached hydrogens (tertiary/aromatic N) is 3. The van der Waals surface area contributed by atoms with Gasteiger partial charge in [0.25, 0.3) is 0 Å². The van der Waals surface area contributed by atoms with Crippen molar-refractivity contribution in [2.45, 2.75) is 11.1 Å². The summed E-state index contributed by atoms with van der Waals surface area (Å²) in [5.74, 6) is -0.0515. The fraction of sp³-hybridized carbons (Fsp3) is 0.286. The second kappa shape index (κ2) is 5.93. The van der Waals surface area contributed by atoms with Crippen molar-refractivity contribution >= 4 is 21.9 Å². The molecule has 0 saturated heterocycles. The first-order chi connectivity index (χ1) is 11.0. The number of anilines is 1. The summed E-state index contributed by atoms with van der Waals surface area (Å²) in [4.78, 5) is 12.5. The average molecular weight is 361 g/mol. The number of hydrogen-bond acceptors (Lipinski definition) is 5. The number of halogens is 3. The summed E-state index contributed by atoms with van der Waals surface area (Å²) in [5, 5.41) is 3.50. The molecule has 0 fully saturated rings. The zero-order valence-electron chi connectivity index (χ0n) is 13.0. The Morgan fingerprint density at radius 2 is 1.71 bits per heavy atom. The fourth-order valence-corrected chi connectivity index (χ4v) is 2.81. The molecule has 0 N–H and O–H groups in total. The fourth-order valence-electron chi connectivity index (χ4n) is 2.18. The molecule has 6 nitrogen and oxygen atoms in total. The van der Waals surface area contributed by atoms with Gasteiger partial charge in [-0.2, -0.15) is 18.3 Å². The summed E-state index contributed by atoms with van der Waals surface area (Å²) >= 11 is 0. The van der Waals surface area contributed by atoms with Crippen LogP contribution in [0.2, 0.25) is 0 Å². The van der Waals surface area contributed by atoms with Gasteiger partial charge in [0.1, 0.15) is 5.82 Å². The van der Waals surface area contributed by atoms with Crippen LogP contribution in [0.25, 0.3) is 5.69 Å². The molecule has 10 heteroatoms. The van der Waals surface area contributed by atoms with Crippen molar-refractivity contribution in [2.75, 3.05) is 25.3 Å². The highest BCUT2D eigenvalue weighted by molar-refractivity contribution is 7.90. The number of carbonyl (C=O) groups excluding carboxylic acids is 1. The Morgan fingerprint density at radius 3 is 2.08 bits per heavy atom. The quantitative estimate of drug-likeness (QED) is 0.781. The lowest BCUT2D eigenvalue weighted by Crippen LogP contribution is -2.16. The highest BCUT2D eigenvalue weighted by atomic mass is 32.2. The molecule has 2 rings (SSSR count). The number of rotatable bonds is 4. The number of aromatic nitrogens is 2. The van der Waals surface area contributed by atoms with Crippen molar-refractivity contribution in [2.24, 2.45) is 0 Å². The van der Waals surface area contributed by atoms with Crippen LogP contribution in [-0.2, 0) is 16.0 Å². The number of aldehydes is 1. The minimum absolute atomic E-state index is 0.0245. The molecule has 1 aromatic heterocycles. The molecule has 130 valence electrons. The third-order valence-electron chi connectivity index (χ3n) is 3.22. The molecule has 0 aliphatic rings. The summed E-state index contributed by atoms with van der Waals surface area (Å²) < 4.78 is 63.2. The van der Waals surface area contributed by atoms with Crippen LogP contribution in [-0.4, -0.2) is 44.8 Å². The summed E-state index contributed by atoms with van der Waals surface area (Å²) in [6, 6.07) is 5.18. The van der Waals surface area contributed by atoms with Crippen LogP contribution in [0.1, 0.15) is 16.1 Å². The van der Waals surface area contributed by atoms with Crippen molar-refractivity contribution < 1.29 is 26.4 Å². The molecule has 0 unspecified atom stereocenters. The van der Waals surface area contributed by atoms with Crippen molar-refractivity contribution in [3.8, 4) is 5.69 Å². The van der Waals surface area contributed by atoms with Gasteiger partial charge in [-0.25, -0.2) is 13.1 Å². The van der Waals surface area contributed by atoms with E-state index >= 15 is 0 Å². The maximum atomic E-state index is 13.1. The Bertz CT molecular complexity index is 869. The van der Waals surface area contributed by atoms with E-state index in [-0.39, 0.29) is 22.7 Å². The first-order valence-electron chi connectivity index (χ1n) is 6.60. The van der Waals surface area contributed by atoms with Gasteiger partial charge in [0.15, 0.2) is 21.8 Å². The highest BCUT2D eigenvalue weighted by Gasteiger charge is 2.40. The van der Waals surface area contributed by atoms with E-state index < -0.39 is 27.3 Å². The Hall–Kier alpha value is -2.36. The van der Waals surface area contributed by atoms with Crippen LogP contribution in [0.4, 0.5) is 19.0 Å². The van der Waals surface area contributed by atoms with Gasteiger partial charge in [0, 0.05) is 20.4 Å². The highest BCUT2D eigenvalue weighted by Crippen LogP contribution is 2.35. The van der Waals surface area contributed by atoms with E-state index in [2.05, 4.69) is 5.10 Å². The average Bonchev–Trinajstić information content (AvgIpc) is 2.86. The van der Waals surface area contributed by atoms with Crippen LogP contribution < -0.4 is 4.90 Å². The predicted molar refractivity (Wildman–Crippen MR) is 81.4 cm³/mol. The van der Waals surface area contributed by atoms with Crippen LogP contribution in [0.15, 0.2) is 29.2 Å². The maximum Gasteiger partial charge on any atom is 0.435 e. The second-order valence-electron chi connectivity index (χ2n) is 5.27. The lowest BCUT2D eigenvalue weighted by atomic mass is 10.2. The third kappa shape index (κ3) is 3.28. The molecule has 2 aromatic rings. The minimum Gasteiger partial charge on any atom is -0.362 e. The van der Waals surface area contributed by atoms with Crippen LogP contribution in [0, 0.1) is 0 Å². The Labute approximate surface area is 136 Å². The van der Waals surface area contributed by atoms with Gasteiger partial charge in [0.2, 0.25) is 0 Å². The number of carbonyl (C=O) groups is 1. The molecule has 0 spiro atoms. The lowest BCUT2D eigenvalue weighted by Gasteiger charge is -2.15. The Kier molecular flexibility index (Phi) is 4.44. The largest absolute Gasteiger partial charge is 0.435 e. The molecule has 0 aliphatic carbocycles. The summed E-state index contributed by atoms with van der Waals surface area (Å²) in [6.07, 6.45) is -3.67. The van der Waals surface area contributed by atoms with Gasteiger partial charge in [-0.1, -0.05) is 0 Å². The molecular formula is C14H14F3N3O3S. The molecule has 0 bridgehead atoms. The zero-order valence-corrected chi connectivity index (χ0v) is 13.8. The molecule has 0 saturated carbocycles. The van der Waals surface area contributed by atoms with E-state index in [1.165, 1.54) is 43.3 Å². The first kappa shape index (κ1) is 18.0. The van der Waals surface area contributed by atoms with Crippen molar-refractivity contribution in [1.29, 1.82) is 0 Å². The van der Waals surface area contributed by atoms with Gasteiger partial charge >= 0.3 is 6.18 Å². The van der Waals surface area contributed by atoms with Crippen molar-refractivity contribution in [3.05, 3.63) is 35.5 Å². The topological polar surface area (TPSA) is 72.3 Å². The third-order valence-corrected chi connectivity index (χ3v) is 4.34. The number of hydrogen-bond donors (Lipinski definition) is 0. The molecule has 1 heterocycles. The zero-order chi connectivity index (χ0) is 18.3. The van der Waals surface area contributed by atoms with Crippen LogP contribution >= 0.6 is 0 Å². The summed E-state index contributed by atoms with van der Waals surface area (Å²) in [6.45, 7) is 0.